The number of fused-ring (bicyclic) bond motifs is 1. The van der Waals surface area contributed by atoms with Crippen molar-refractivity contribution < 1.29 is 13.2 Å². The summed E-state index contributed by atoms with van der Waals surface area (Å²) in [6, 6.07) is 5.54. The number of anilines is 1. The third-order valence-corrected chi connectivity index (χ3v) is 8.78. The predicted molar refractivity (Wildman–Crippen MR) is 111 cm³/mol. The van der Waals surface area contributed by atoms with Gasteiger partial charge in [0, 0.05) is 43.4 Å². The van der Waals surface area contributed by atoms with Crippen LogP contribution in [0.4, 0.5) is 5.69 Å². The van der Waals surface area contributed by atoms with Crippen LogP contribution >= 0.6 is 11.8 Å². The summed E-state index contributed by atoms with van der Waals surface area (Å²) in [4.78, 5) is 15.2. The second-order valence-corrected chi connectivity index (χ2v) is 11.0. The maximum Gasteiger partial charge on any atom is 0.242 e. The minimum atomic E-state index is -3.54. The van der Waals surface area contributed by atoms with Crippen LogP contribution in [0.3, 0.4) is 0 Å². The third-order valence-electron chi connectivity index (χ3n) is 5.42. The first kappa shape index (κ1) is 20.6. The number of nitrogens with one attached hydrogen (secondary N) is 1. The summed E-state index contributed by atoms with van der Waals surface area (Å²) in [6.45, 7) is 3.06. The second kappa shape index (κ2) is 8.51. The van der Waals surface area contributed by atoms with Gasteiger partial charge in [-0.3, -0.25) is 9.69 Å². The molecule has 1 saturated heterocycles. The second-order valence-electron chi connectivity index (χ2n) is 7.55. The van der Waals surface area contributed by atoms with Gasteiger partial charge in [-0.25, -0.2) is 12.7 Å². The number of nitrogens with zero attached hydrogens (tertiary/aromatic N) is 2. The van der Waals surface area contributed by atoms with Crippen LogP contribution in [0.25, 0.3) is 0 Å². The maximum atomic E-state index is 12.6. The highest BCUT2D eigenvalue weighted by atomic mass is 32.2. The van der Waals surface area contributed by atoms with Gasteiger partial charge < -0.3 is 5.32 Å². The summed E-state index contributed by atoms with van der Waals surface area (Å²) in [6.07, 6.45) is 4.95. The first-order valence-electron chi connectivity index (χ1n) is 9.48. The Morgan fingerprint density at radius 1 is 1.30 bits per heavy atom. The van der Waals surface area contributed by atoms with E-state index in [1.165, 1.54) is 44.1 Å². The molecule has 6 nitrogen and oxygen atoms in total. The summed E-state index contributed by atoms with van der Waals surface area (Å²) < 4.78 is 26.1. The number of hydrogen-bond donors (Lipinski definition) is 1. The minimum Gasteiger partial charge on any atom is -0.325 e. The van der Waals surface area contributed by atoms with Gasteiger partial charge >= 0.3 is 0 Å². The highest BCUT2D eigenvalue weighted by Gasteiger charge is 2.34. The van der Waals surface area contributed by atoms with Crippen molar-refractivity contribution >= 4 is 33.4 Å². The van der Waals surface area contributed by atoms with E-state index in [0.29, 0.717) is 29.1 Å². The topological polar surface area (TPSA) is 69.7 Å². The van der Waals surface area contributed by atoms with E-state index in [2.05, 4.69) is 10.2 Å². The van der Waals surface area contributed by atoms with Crippen molar-refractivity contribution in [3.8, 4) is 0 Å². The molecule has 1 aromatic rings. The van der Waals surface area contributed by atoms with Crippen LogP contribution in [0, 0.1) is 6.92 Å². The predicted octanol–water partition coefficient (Wildman–Crippen LogP) is 2.54. The number of amides is 1. The number of benzene rings is 1. The molecule has 0 spiro atoms. The van der Waals surface area contributed by atoms with Gasteiger partial charge in [0.2, 0.25) is 15.9 Å². The smallest absolute Gasteiger partial charge is 0.242 e. The maximum absolute atomic E-state index is 12.6. The van der Waals surface area contributed by atoms with Gasteiger partial charge in [-0.05, 0) is 37.5 Å². The Morgan fingerprint density at radius 3 is 2.78 bits per heavy atom. The number of carbonyl (C=O) groups excluding carboxylic acids is 1. The summed E-state index contributed by atoms with van der Waals surface area (Å²) in [5, 5.41) is 3.54. The van der Waals surface area contributed by atoms with E-state index in [9.17, 15) is 13.2 Å². The molecule has 0 aromatic heterocycles. The van der Waals surface area contributed by atoms with Gasteiger partial charge in [-0.2, -0.15) is 11.8 Å². The van der Waals surface area contributed by atoms with Crippen molar-refractivity contribution in [2.75, 3.05) is 38.3 Å². The average Bonchev–Trinajstić information content (AvgIpc) is 2.63. The van der Waals surface area contributed by atoms with E-state index < -0.39 is 10.0 Å². The first-order valence-corrected chi connectivity index (χ1v) is 12.0. The fourth-order valence-corrected chi connectivity index (χ4v) is 6.56. The van der Waals surface area contributed by atoms with Crippen LogP contribution in [-0.4, -0.2) is 67.8 Å². The number of aryl methyl sites for hydroxylation is 1. The highest BCUT2D eigenvalue weighted by Crippen LogP contribution is 2.35. The SMILES string of the molecule is Cc1ccc(NC(=O)CN2CCS[C@@H]3CCCC[C@@H]32)cc1S(=O)(=O)N(C)C. The van der Waals surface area contributed by atoms with Crippen molar-refractivity contribution in [3.05, 3.63) is 23.8 Å². The number of hydrogen-bond acceptors (Lipinski definition) is 5. The molecule has 1 amide bonds. The molecule has 0 unspecified atom stereocenters. The highest BCUT2D eigenvalue weighted by molar-refractivity contribution is 8.00. The average molecular weight is 412 g/mol. The molecule has 1 aromatic carbocycles. The summed E-state index contributed by atoms with van der Waals surface area (Å²) >= 11 is 2.05. The van der Waals surface area contributed by atoms with E-state index in [-0.39, 0.29) is 10.8 Å². The first-order chi connectivity index (χ1) is 12.8. The van der Waals surface area contributed by atoms with Crippen molar-refractivity contribution in [1.29, 1.82) is 0 Å². The molecule has 8 heteroatoms. The fraction of sp³-hybridized carbons (Fsp3) is 0.632. The molecule has 2 fully saturated rings. The molecule has 150 valence electrons. The molecule has 1 heterocycles. The van der Waals surface area contributed by atoms with Gasteiger partial charge in [0.15, 0.2) is 0 Å². The monoisotopic (exact) mass is 411 g/mol. The molecule has 0 bridgehead atoms. The Hall–Kier alpha value is -1.09. The van der Waals surface area contributed by atoms with E-state index in [0.717, 1.165) is 12.3 Å². The van der Waals surface area contributed by atoms with E-state index in [1.54, 1.807) is 25.1 Å². The Kier molecular flexibility index (Phi) is 6.50. The lowest BCUT2D eigenvalue weighted by atomic mass is 9.93. The zero-order chi connectivity index (χ0) is 19.6. The number of sulfonamides is 1. The van der Waals surface area contributed by atoms with Gasteiger partial charge in [0.05, 0.1) is 11.4 Å². The van der Waals surface area contributed by atoms with Gasteiger partial charge in [-0.1, -0.05) is 18.9 Å². The van der Waals surface area contributed by atoms with Gasteiger partial charge in [0.25, 0.3) is 0 Å². The van der Waals surface area contributed by atoms with Crippen LogP contribution in [0.2, 0.25) is 0 Å². The molecule has 1 N–H and O–H groups in total. The van der Waals surface area contributed by atoms with E-state index in [1.807, 2.05) is 11.8 Å². The summed E-state index contributed by atoms with van der Waals surface area (Å²) in [5.74, 6) is 0.993. The van der Waals surface area contributed by atoms with E-state index >= 15 is 0 Å². The van der Waals surface area contributed by atoms with Crippen molar-refractivity contribution in [2.45, 2.75) is 48.8 Å². The Labute approximate surface area is 166 Å². The lowest BCUT2D eigenvalue weighted by molar-refractivity contribution is -0.118. The normalized spacial score (nSPS) is 23.9. The molecule has 0 radical (unpaired) electrons. The molecular formula is C19H29N3O3S2. The molecular weight excluding hydrogens is 382 g/mol. The number of carbonyl (C=O) groups is 1. The van der Waals surface area contributed by atoms with Gasteiger partial charge in [-0.15, -0.1) is 0 Å². The summed E-state index contributed by atoms with van der Waals surface area (Å²) in [7, 11) is -0.522. The Morgan fingerprint density at radius 2 is 2.04 bits per heavy atom. The largest absolute Gasteiger partial charge is 0.325 e. The van der Waals surface area contributed by atoms with Gasteiger partial charge in [0.1, 0.15) is 0 Å². The summed E-state index contributed by atoms with van der Waals surface area (Å²) in [5.41, 5.74) is 1.19. The van der Waals surface area contributed by atoms with Crippen LogP contribution < -0.4 is 5.32 Å². The molecule has 1 saturated carbocycles. The number of thioether (sulfide) groups is 1. The van der Waals surface area contributed by atoms with Crippen molar-refractivity contribution in [2.24, 2.45) is 0 Å². The fourth-order valence-electron chi connectivity index (χ4n) is 3.91. The quantitative estimate of drug-likeness (QED) is 0.806. The molecule has 1 aliphatic carbocycles. The Balaban J connectivity index is 1.69. The van der Waals surface area contributed by atoms with Crippen molar-refractivity contribution in [3.63, 3.8) is 0 Å². The molecule has 27 heavy (non-hydrogen) atoms. The van der Waals surface area contributed by atoms with Crippen LogP contribution in [-0.2, 0) is 14.8 Å². The standard InChI is InChI=1S/C19H29N3O3S2/c1-14-8-9-15(12-18(14)27(24,25)21(2)3)20-19(23)13-22-10-11-26-17-7-5-4-6-16(17)22/h8-9,12,16-17H,4-7,10-11,13H2,1-3H3,(H,20,23)/t16-,17+/m0/s1. The lowest BCUT2D eigenvalue weighted by Gasteiger charge is -2.43. The molecule has 2 aliphatic rings. The molecule has 2 atom stereocenters. The minimum absolute atomic E-state index is 0.0803. The van der Waals surface area contributed by atoms with Crippen molar-refractivity contribution in [1.82, 2.24) is 9.21 Å². The molecule has 3 rings (SSSR count). The van der Waals surface area contributed by atoms with Crippen LogP contribution in [0.1, 0.15) is 31.2 Å². The zero-order valence-electron chi connectivity index (χ0n) is 16.3. The third kappa shape index (κ3) is 4.67. The molecule has 1 aliphatic heterocycles. The Bertz CT molecular complexity index is 793. The zero-order valence-corrected chi connectivity index (χ0v) is 17.9. The van der Waals surface area contributed by atoms with Crippen LogP contribution in [0.5, 0.6) is 0 Å². The lowest BCUT2D eigenvalue weighted by Crippen LogP contribution is -2.51. The van der Waals surface area contributed by atoms with E-state index in [4.69, 9.17) is 0 Å². The number of rotatable bonds is 5. The van der Waals surface area contributed by atoms with Crippen LogP contribution in [0.15, 0.2) is 23.1 Å².